The highest BCUT2D eigenvalue weighted by molar-refractivity contribution is 7.13. The number of thiazole rings is 1. The summed E-state index contributed by atoms with van der Waals surface area (Å²) >= 11 is 1.54. The summed E-state index contributed by atoms with van der Waals surface area (Å²) in [6, 6.07) is 8.27. The molecule has 5 nitrogen and oxygen atoms in total. The summed E-state index contributed by atoms with van der Waals surface area (Å²) in [5, 5.41) is 3.54. The van der Waals surface area contributed by atoms with E-state index in [-0.39, 0.29) is 5.91 Å². The molecule has 0 spiro atoms. The SMILES string of the molecule is COc1cccc(CNC(=O)c2nc3c(s2)CCN(C(C)C)CC3)c1. The number of nitrogens with zero attached hydrogens (tertiary/aromatic N) is 2. The number of carbonyl (C=O) groups is 1. The van der Waals surface area contributed by atoms with E-state index in [9.17, 15) is 4.79 Å². The Labute approximate surface area is 153 Å². The molecule has 2 aromatic rings. The maximum Gasteiger partial charge on any atom is 0.280 e. The summed E-state index contributed by atoms with van der Waals surface area (Å²) in [6.07, 6.45) is 1.90. The number of ether oxygens (including phenoxy) is 1. The van der Waals surface area contributed by atoms with Crippen molar-refractivity contribution in [3.8, 4) is 5.75 Å². The number of aromatic nitrogens is 1. The van der Waals surface area contributed by atoms with Crippen LogP contribution in [0.5, 0.6) is 5.75 Å². The highest BCUT2D eigenvalue weighted by Gasteiger charge is 2.21. The first kappa shape index (κ1) is 17.9. The Balaban J connectivity index is 1.61. The quantitative estimate of drug-likeness (QED) is 0.892. The molecule has 6 heteroatoms. The van der Waals surface area contributed by atoms with Gasteiger partial charge in [-0.3, -0.25) is 4.79 Å². The smallest absolute Gasteiger partial charge is 0.280 e. The molecule has 1 aromatic carbocycles. The molecule has 0 bridgehead atoms. The van der Waals surface area contributed by atoms with E-state index < -0.39 is 0 Å². The van der Waals surface area contributed by atoms with Crippen molar-refractivity contribution < 1.29 is 9.53 Å². The van der Waals surface area contributed by atoms with Crippen LogP contribution in [0.1, 0.15) is 39.8 Å². The lowest BCUT2D eigenvalue weighted by Gasteiger charge is -2.23. The molecule has 1 aliphatic rings. The molecule has 134 valence electrons. The fraction of sp³-hybridized carbons (Fsp3) is 0.474. The molecule has 1 aliphatic heterocycles. The summed E-state index contributed by atoms with van der Waals surface area (Å²) in [4.78, 5) is 20.8. The second-order valence-corrected chi connectivity index (χ2v) is 7.64. The van der Waals surface area contributed by atoms with Gasteiger partial charge in [-0.05, 0) is 38.0 Å². The lowest BCUT2D eigenvalue weighted by molar-refractivity contribution is 0.0950. The van der Waals surface area contributed by atoms with Crippen molar-refractivity contribution in [2.45, 2.75) is 39.3 Å². The van der Waals surface area contributed by atoms with Gasteiger partial charge in [0.05, 0.1) is 12.8 Å². The van der Waals surface area contributed by atoms with Crippen molar-refractivity contribution in [2.75, 3.05) is 20.2 Å². The molecule has 1 aromatic heterocycles. The first-order valence-corrected chi connectivity index (χ1v) is 9.52. The Kier molecular flexibility index (Phi) is 5.71. The fourth-order valence-electron chi connectivity index (χ4n) is 3.03. The number of methoxy groups -OCH3 is 1. The van der Waals surface area contributed by atoms with Crippen LogP contribution in [-0.2, 0) is 19.4 Å². The van der Waals surface area contributed by atoms with Crippen LogP contribution < -0.4 is 10.1 Å². The van der Waals surface area contributed by atoms with E-state index in [0.717, 1.165) is 42.9 Å². The minimum absolute atomic E-state index is 0.0957. The third-order valence-electron chi connectivity index (χ3n) is 4.55. The molecule has 1 N–H and O–H groups in total. The Morgan fingerprint density at radius 2 is 2.16 bits per heavy atom. The summed E-state index contributed by atoms with van der Waals surface area (Å²) in [7, 11) is 1.64. The van der Waals surface area contributed by atoms with E-state index >= 15 is 0 Å². The number of fused-ring (bicyclic) bond motifs is 1. The average molecular weight is 359 g/mol. The van der Waals surface area contributed by atoms with Gasteiger partial charge in [0.1, 0.15) is 5.75 Å². The van der Waals surface area contributed by atoms with Gasteiger partial charge in [-0.15, -0.1) is 11.3 Å². The van der Waals surface area contributed by atoms with Gasteiger partial charge in [-0.2, -0.15) is 0 Å². The number of nitrogens with one attached hydrogen (secondary N) is 1. The molecule has 0 saturated carbocycles. The van der Waals surface area contributed by atoms with Crippen molar-refractivity contribution in [1.29, 1.82) is 0 Å². The Hall–Kier alpha value is -1.92. The van der Waals surface area contributed by atoms with Gasteiger partial charge in [0.2, 0.25) is 0 Å². The third kappa shape index (κ3) is 4.38. The van der Waals surface area contributed by atoms with Crippen LogP contribution in [0.15, 0.2) is 24.3 Å². The van der Waals surface area contributed by atoms with Gasteiger partial charge < -0.3 is 15.0 Å². The molecule has 25 heavy (non-hydrogen) atoms. The van der Waals surface area contributed by atoms with Gasteiger partial charge in [0.15, 0.2) is 5.01 Å². The van der Waals surface area contributed by atoms with Crippen LogP contribution >= 0.6 is 11.3 Å². The molecule has 0 saturated heterocycles. The topological polar surface area (TPSA) is 54.5 Å². The zero-order valence-corrected chi connectivity index (χ0v) is 15.9. The van der Waals surface area contributed by atoms with Crippen LogP contribution in [0.3, 0.4) is 0 Å². The second kappa shape index (κ2) is 7.97. The minimum Gasteiger partial charge on any atom is -0.497 e. The lowest BCUT2D eigenvalue weighted by atomic mass is 10.2. The van der Waals surface area contributed by atoms with E-state index in [4.69, 9.17) is 4.74 Å². The summed E-state index contributed by atoms with van der Waals surface area (Å²) < 4.78 is 5.21. The van der Waals surface area contributed by atoms with Crippen molar-refractivity contribution in [3.63, 3.8) is 0 Å². The van der Waals surface area contributed by atoms with Crippen molar-refractivity contribution in [3.05, 3.63) is 45.4 Å². The largest absolute Gasteiger partial charge is 0.497 e. The zero-order chi connectivity index (χ0) is 17.8. The van der Waals surface area contributed by atoms with E-state index in [2.05, 4.69) is 29.0 Å². The molecule has 0 unspecified atom stereocenters. The van der Waals surface area contributed by atoms with Crippen LogP contribution in [0, 0.1) is 0 Å². The standard InChI is InChI=1S/C19H25N3O2S/c1-13(2)22-9-7-16-17(8-10-22)25-19(21-16)18(23)20-12-14-5-4-6-15(11-14)24-3/h4-6,11,13H,7-10,12H2,1-3H3,(H,20,23). The highest BCUT2D eigenvalue weighted by atomic mass is 32.1. The zero-order valence-electron chi connectivity index (χ0n) is 15.0. The Morgan fingerprint density at radius 1 is 1.36 bits per heavy atom. The molecule has 0 atom stereocenters. The van der Waals surface area contributed by atoms with Gasteiger partial charge in [0.25, 0.3) is 5.91 Å². The molecular formula is C19H25N3O2S. The van der Waals surface area contributed by atoms with Gasteiger partial charge >= 0.3 is 0 Å². The van der Waals surface area contributed by atoms with Crippen molar-refractivity contribution in [1.82, 2.24) is 15.2 Å². The van der Waals surface area contributed by atoms with E-state index in [0.29, 0.717) is 17.6 Å². The summed E-state index contributed by atoms with van der Waals surface area (Å²) in [5.41, 5.74) is 2.11. The first-order chi connectivity index (χ1) is 12.1. The van der Waals surface area contributed by atoms with Crippen LogP contribution in [-0.4, -0.2) is 42.0 Å². The molecular weight excluding hydrogens is 334 g/mol. The normalized spacial score (nSPS) is 14.9. The highest BCUT2D eigenvalue weighted by Crippen LogP contribution is 2.23. The van der Waals surface area contributed by atoms with Crippen molar-refractivity contribution in [2.24, 2.45) is 0 Å². The average Bonchev–Trinajstić information content (AvgIpc) is 2.92. The minimum atomic E-state index is -0.0957. The number of amides is 1. The summed E-state index contributed by atoms with van der Waals surface area (Å²) in [5.74, 6) is 0.698. The van der Waals surface area contributed by atoms with E-state index in [1.165, 1.54) is 16.2 Å². The maximum absolute atomic E-state index is 12.4. The molecule has 0 fully saturated rings. The monoisotopic (exact) mass is 359 g/mol. The predicted octanol–water partition coefficient (Wildman–Crippen LogP) is 2.89. The van der Waals surface area contributed by atoms with E-state index in [1.807, 2.05) is 24.3 Å². The third-order valence-corrected chi connectivity index (χ3v) is 5.71. The Morgan fingerprint density at radius 3 is 2.92 bits per heavy atom. The molecule has 0 radical (unpaired) electrons. The van der Waals surface area contributed by atoms with Crippen LogP contribution in [0.25, 0.3) is 0 Å². The van der Waals surface area contributed by atoms with E-state index in [1.54, 1.807) is 7.11 Å². The molecule has 3 rings (SSSR count). The second-order valence-electron chi connectivity index (χ2n) is 6.55. The van der Waals surface area contributed by atoms with Crippen LogP contribution in [0.4, 0.5) is 0 Å². The number of rotatable bonds is 5. The fourth-order valence-corrected chi connectivity index (χ4v) is 4.05. The first-order valence-electron chi connectivity index (χ1n) is 8.70. The van der Waals surface area contributed by atoms with Gasteiger partial charge in [-0.1, -0.05) is 12.1 Å². The number of carbonyl (C=O) groups excluding carboxylic acids is 1. The molecule has 1 amide bonds. The number of hydrogen-bond donors (Lipinski definition) is 1. The van der Waals surface area contributed by atoms with Gasteiger partial charge in [0, 0.05) is 37.0 Å². The lowest BCUT2D eigenvalue weighted by Crippen LogP contribution is -2.33. The molecule has 2 heterocycles. The van der Waals surface area contributed by atoms with Crippen molar-refractivity contribution >= 4 is 17.2 Å². The number of benzene rings is 1. The molecule has 0 aliphatic carbocycles. The predicted molar refractivity (Wildman–Crippen MR) is 100 cm³/mol. The maximum atomic E-state index is 12.4. The number of hydrogen-bond acceptors (Lipinski definition) is 5. The Bertz CT molecular complexity index is 717. The van der Waals surface area contributed by atoms with Crippen LogP contribution in [0.2, 0.25) is 0 Å². The summed E-state index contributed by atoms with van der Waals surface area (Å²) in [6.45, 7) is 6.98. The van der Waals surface area contributed by atoms with Gasteiger partial charge in [-0.25, -0.2) is 4.98 Å².